The van der Waals surface area contributed by atoms with Crippen molar-refractivity contribution in [3.63, 3.8) is 0 Å². The van der Waals surface area contributed by atoms with Crippen LogP contribution in [0.5, 0.6) is 0 Å². The molecule has 3 N–H and O–H groups in total. The Morgan fingerprint density at radius 2 is 2.20 bits per heavy atom. The Morgan fingerprint density at radius 1 is 1.40 bits per heavy atom. The van der Waals surface area contributed by atoms with Gasteiger partial charge in [-0.3, -0.25) is 10.3 Å². The molecule has 3 fully saturated rings. The predicted molar refractivity (Wildman–Crippen MR) is 60.9 cm³/mol. The first-order valence-electron chi connectivity index (χ1n) is 6.24. The van der Waals surface area contributed by atoms with Crippen LogP contribution in [-0.4, -0.2) is 29.9 Å². The van der Waals surface area contributed by atoms with Gasteiger partial charge in [0.15, 0.2) is 0 Å². The van der Waals surface area contributed by atoms with E-state index in [1.165, 1.54) is 45.2 Å². The molecule has 2 bridgehead atoms. The highest BCUT2D eigenvalue weighted by Gasteiger charge is 2.48. The van der Waals surface area contributed by atoms with Gasteiger partial charge in [-0.15, -0.1) is 0 Å². The molecule has 0 spiro atoms. The smallest absolute Gasteiger partial charge is 0.0911 e. The highest BCUT2D eigenvalue weighted by Crippen LogP contribution is 2.51. The van der Waals surface area contributed by atoms with Crippen LogP contribution in [0.1, 0.15) is 38.5 Å². The Morgan fingerprint density at radius 3 is 2.67 bits per heavy atom. The van der Waals surface area contributed by atoms with Gasteiger partial charge in [-0.1, -0.05) is 0 Å². The zero-order valence-corrected chi connectivity index (χ0v) is 9.34. The van der Waals surface area contributed by atoms with Crippen molar-refractivity contribution < 1.29 is 0 Å². The lowest BCUT2D eigenvalue weighted by atomic mass is 9.99. The molecule has 0 aromatic carbocycles. The maximum absolute atomic E-state index is 7.43. The monoisotopic (exact) mass is 207 g/mol. The number of piperidine rings is 1. The summed E-state index contributed by atoms with van der Waals surface area (Å²) in [7, 11) is 0. The Kier molecular flexibility index (Phi) is 2.06. The highest BCUT2D eigenvalue weighted by molar-refractivity contribution is 5.78. The molecule has 2 atom stereocenters. The van der Waals surface area contributed by atoms with Gasteiger partial charge in [-0.2, -0.15) is 0 Å². The molecule has 15 heavy (non-hydrogen) atoms. The second kappa shape index (κ2) is 3.21. The first-order chi connectivity index (χ1) is 7.17. The molecule has 1 aliphatic heterocycles. The molecule has 84 valence electrons. The van der Waals surface area contributed by atoms with E-state index >= 15 is 0 Å². The maximum atomic E-state index is 7.43. The SMILES string of the molecule is N=C(N)CC1(CN2CC3CCC2C3)CC1. The molecule has 0 radical (unpaired) electrons. The second-order valence-electron chi connectivity index (χ2n) is 5.96. The van der Waals surface area contributed by atoms with Crippen molar-refractivity contribution in [3.05, 3.63) is 0 Å². The maximum Gasteiger partial charge on any atom is 0.0911 e. The van der Waals surface area contributed by atoms with Crippen molar-refractivity contribution in [2.75, 3.05) is 13.1 Å². The normalized spacial score (nSPS) is 37.1. The van der Waals surface area contributed by atoms with Crippen LogP contribution >= 0.6 is 0 Å². The van der Waals surface area contributed by atoms with Crippen LogP contribution in [0.25, 0.3) is 0 Å². The van der Waals surface area contributed by atoms with Crippen molar-refractivity contribution in [2.24, 2.45) is 17.1 Å². The number of hydrogen-bond acceptors (Lipinski definition) is 2. The fraction of sp³-hybridized carbons (Fsp3) is 0.917. The van der Waals surface area contributed by atoms with Gasteiger partial charge in [0.2, 0.25) is 0 Å². The van der Waals surface area contributed by atoms with Crippen LogP contribution < -0.4 is 5.73 Å². The summed E-state index contributed by atoms with van der Waals surface area (Å²) in [6, 6.07) is 0.874. The topological polar surface area (TPSA) is 53.1 Å². The van der Waals surface area contributed by atoms with Crippen LogP contribution in [0.15, 0.2) is 0 Å². The number of nitrogens with one attached hydrogen (secondary N) is 1. The summed E-state index contributed by atoms with van der Waals surface area (Å²) in [4.78, 5) is 2.68. The Labute approximate surface area is 91.5 Å². The summed E-state index contributed by atoms with van der Waals surface area (Å²) in [5.74, 6) is 1.37. The molecular weight excluding hydrogens is 186 g/mol. The molecule has 0 aromatic heterocycles. The number of fused-ring (bicyclic) bond motifs is 2. The molecule has 3 rings (SSSR count). The fourth-order valence-corrected chi connectivity index (χ4v) is 3.62. The lowest BCUT2D eigenvalue weighted by Crippen LogP contribution is -2.38. The number of rotatable bonds is 4. The van der Waals surface area contributed by atoms with Gasteiger partial charge < -0.3 is 5.73 Å². The average molecular weight is 207 g/mol. The van der Waals surface area contributed by atoms with E-state index in [0.29, 0.717) is 11.3 Å². The van der Waals surface area contributed by atoms with Crippen LogP contribution in [0, 0.1) is 16.7 Å². The number of hydrogen-bond donors (Lipinski definition) is 2. The van der Waals surface area contributed by atoms with Gasteiger partial charge in [-0.25, -0.2) is 0 Å². The molecule has 3 heteroatoms. The molecule has 1 saturated heterocycles. The van der Waals surface area contributed by atoms with E-state index in [9.17, 15) is 0 Å². The van der Waals surface area contributed by atoms with E-state index < -0.39 is 0 Å². The fourth-order valence-electron chi connectivity index (χ4n) is 3.62. The summed E-state index contributed by atoms with van der Waals surface area (Å²) < 4.78 is 0. The summed E-state index contributed by atoms with van der Waals surface area (Å²) >= 11 is 0. The number of amidine groups is 1. The number of nitrogens with two attached hydrogens (primary N) is 1. The molecule has 0 aromatic rings. The molecule has 2 saturated carbocycles. The minimum absolute atomic E-state index is 0.386. The van der Waals surface area contributed by atoms with E-state index in [-0.39, 0.29) is 0 Å². The number of likely N-dealkylation sites (tertiary alicyclic amines) is 1. The van der Waals surface area contributed by atoms with E-state index in [2.05, 4.69) is 4.90 Å². The molecule has 3 nitrogen and oxygen atoms in total. The first-order valence-corrected chi connectivity index (χ1v) is 6.24. The standard InChI is InChI=1S/C12H21N3/c13-11(14)6-12(3-4-12)8-15-7-9-1-2-10(15)5-9/h9-10H,1-8H2,(H3,13,14). The molecule has 2 unspecified atom stereocenters. The predicted octanol–water partition coefficient (Wildman–Crippen LogP) is 1.58. The van der Waals surface area contributed by atoms with E-state index in [1.807, 2.05) is 0 Å². The Hall–Kier alpha value is -0.570. The Bertz CT molecular complexity index is 283. The van der Waals surface area contributed by atoms with Gasteiger partial charge in [0.05, 0.1) is 5.84 Å². The van der Waals surface area contributed by atoms with Crippen LogP contribution in [0.4, 0.5) is 0 Å². The van der Waals surface area contributed by atoms with Crippen molar-refractivity contribution >= 4 is 5.84 Å². The molecule has 1 heterocycles. The lowest BCUT2D eigenvalue weighted by molar-refractivity contribution is 0.174. The van der Waals surface area contributed by atoms with Gasteiger partial charge in [0.25, 0.3) is 0 Å². The quantitative estimate of drug-likeness (QED) is 0.543. The minimum Gasteiger partial charge on any atom is -0.388 e. The molecule has 2 aliphatic carbocycles. The lowest BCUT2D eigenvalue weighted by Gasteiger charge is -2.30. The van der Waals surface area contributed by atoms with Crippen molar-refractivity contribution in [3.8, 4) is 0 Å². The number of nitrogens with zero attached hydrogens (tertiary/aromatic N) is 1. The summed E-state index contributed by atoms with van der Waals surface area (Å²) in [5.41, 5.74) is 5.95. The zero-order valence-electron chi connectivity index (χ0n) is 9.34. The third-order valence-corrected chi connectivity index (χ3v) is 4.58. The summed E-state index contributed by atoms with van der Waals surface area (Å²) in [6.45, 7) is 2.54. The van der Waals surface area contributed by atoms with Gasteiger partial charge >= 0.3 is 0 Å². The van der Waals surface area contributed by atoms with Crippen LogP contribution in [0.3, 0.4) is 0 Å². The molecule has 0 amide bonds. The molecular formula is C12H21N3. The van der Waals surface area contributed by atoms with E-state index in [0.717, 1.165) is 18.4 Å². The zero-order chi connectivity index (χ0) is 10.5. The van der Waals surface area contributed by atoms with Crippen LogP contribution in [0.2, 0.25) is 0 Å². The van der Waals surface area contributed by atoms with Crippen molar-refractivity contribution in [1.82, 2.24) is 4.90 Å². The average Bonchev–Trinajstić information content (AvgIpc) is 2.61. The minimum atomic E-state index is 0.386. The third-order valence-electron chi connectivity index (χ3n) is 4.58. The van der Waals surface area contributed by atoms with Gasteiger partial charge in [0.1, 0.15) is 0 Å². The van der Waals surface area contributed by atoms with Crippen molar-refractivity contribution in [2.45, 2.75) is 44.6 Å². The largest absolute Gasteiger partial charge is 0.388 e. The third kappa shape index (κ3) is 1.78. The van der Waals surface area contributed by atoms with Gasteiger partial charge in [-0.05, 0) is 43.4 Å². The Balaban J connectivity index is 1.59. The van der Waals surface area contributed by atoms with E-state index in [4.69, 9.17) is 11.1 Å². The van der Waals surface area contributed by atoms with Crippen LogP contribution in [-0.2, 0) is 0 Å². The molecule has 3 aliphatic rings. The van der Waals surface area contributed by atoms with Crippen molar-refractivity contribution in [1.29, 1.82) is 5.41 Å². The first kappa shape index (κ1) is 9.64. The highest BCUT2D eigenvalue weighted by atomic mass is 15.2. The van der Waals surface area contributed by atoms with Gasteiger partial charge in [0, 0.05) is 25.6 Å². The summed E-state index contributed by atoms with van der Waals surface area (Å²) in [6.07, 6.45) is 7.74. The van der Waals surface area contributed by atoms with E-state index in [1.54, 1.807) is 0 Å². The second-order valence-corrected chi connectivity index (χ2v) is 5.96. The summed E-state index contributed by atoms with van der Waals surface area (Å²) in [5, 5.41) is 7.43.